The number of benzene rings is 2. The first-order chi connectivity index (χ1) is 9.61. The number of para-hydroxylation sites is 1. The summed E-state index contributed by atoms with van der Waals surface area (Å²) in [5, 5.41) is 10.9. The summed E-state index contributed by atoms with van der Waals surface area (Å²) in [7, 11) is 0. The lowest BCUT2D eigenvalue weighted by atomic mass is 10.1. The Bertz CT molecular complexity index is 599. The van der Waals surface area contributed by atoms with Crippen molar-refractivity contribution in [2.24, 2.45) is 0 Å². The second-order valence-corrected chi connectivity index (χ2v) is 4.50. The van der Waals surface area contributed by atoms with Gasteiger partial charge in [0.1, 0.15) is 5.69 Å². The van der Waals surface area contributed by atoms with E-state index in [0.717, 1.165) is 17.8 Å². The van der Waals surface area contributed by atoms with Crippen molar-refractivity contribution in [3.8, 4) is 0 Å². The third kappa shape index (κ3) is 3.06. The standard InChI is InChI=1S/C15H17N3O2/c1-2-17(13-6-4-3-5-7-13)11-12-8-9-14(16)15(10-12)18(19)20/h3-10H,2,11,16H2,1H3. The van der Waals surface area contributed by atoms with Crippen LogP contribution in [0.15, 0.2) is 48.5 Å². The molecule has 5 heteroatoms. The van der Waals surface area contributed by atoms with E-state index in [1.165, 1.54) is 0 Å². The van der Waals surface area contributed by atoms with Gasteiger partial charge in [0, 0.05) is 24.8 Å². The van der Waals surface area contributed by atoms with Gasteiger partial charge in [0.15, 0.2) is 0 Å². The molecule has 0 radical (unpaired) electrons. The highest BCUT2D eigenvalue weighted by atomic mass is 16.6. The van der Waals surface area contributed by atoms with Crippen molar-refractivity contribution in [2.45, 2.75) is 13.5 Å². The molecule has 0 amide bonds. The third-order valence-electron chi connectivity index (χ3n) is 3.17. The number of nitrogen functional groups attached to an aromatic ring is 1. The van der Waals surface area contributed by atoms with E-state index in [1.807, 2.05) is 36.4 Å². The number of rotatable bonds is 5. The Labute approximate surface area is 117 Å². The lowest BCUT2D eigenvalue weighted by Gasteiger charge is -2.23. The molecule has 2 N–H and O–H groups in total. The minimum atomic E-state index is -0.447. The van der Waals surface area contributed by atoms with Gasteiger partial charge in [-0.15, -0.1) is 0 Å². The monoisotopic (exact) mass is 271 g/mol. The molecule has 0 atom stereocenters. The molecule has 0 spiro atoms. The maximum Gasteiger partial charge on any atom is 0.292 e. The average molecular weight is 271 g/mol. The highest BCUT2D eigenvalue weighted by Crippen LogP contribution is 2.24. The maximum absolute atomic E-state index is 10.9. The summed E-state index contributed by atoms with van der Waals surface area (Å²) in [6.07, 6.45) is 0. The molecule has 2 aromatic carbocycles. The van der Waals surface area contributed by atoms with Crippen molar-refractivity contribution in [2.75, 3.05) is 17.2 Å². The largest absolute Gasteiger partial charge is 0.393 e. The van der Waals surface area contributed by atoms with Gasteiger partial charge in [0.05, 0.1) is 4.92 Å². The molecule has 20 heavy (non-hydrogen) atoms. The van der Waals surface area contributed by atoms with Gasteiger partial charge in [-0.1, -0.05) is 24.3 Å². The molecule has 0 fully saturated rings. The van der Waals surface area contributed by atoms with E-state index in [1.54, 1.807) is 12.1 Å². The van der Waals surface area contributed by atoms with Crippen LogP contribution in [0, 0.1) is 10.1 Å². The first-order valence-corrected chi connectivity index (χ1v) is 6.44. The smallest absolute Gasteiger partial charge is 0.292 e. The summed E-state index contributed by atoms with van der Waals surface area (Å²) in [6, 6.07) is 14.9. The van der Waals surface area contributed by atoms with E-state index in [-0.39, 0.29) is 11.4 Å². The zero-order chi connectivity index (χ0) is 14.5. The van der Waals surface area contributed by atoms with Crippen molar-refractivity contribution in [3.63, 3.8) is 0 Å². The van der Waals surface area contributed by atoms with Crippen LogP contribution in [-0.4, -0.2) is 11.5 Å². The molecular formula is C15H17N3O2. The van der Waals surface area contributed by atoms with Crippen LogP contribution in [0.3, 0.4) is 0 Å². The summed E-state index contributed by atoms with van der Waals surface area (Å²) in [4.78, 5) is 12.6. The van der Waals surface area contributed by atoms with Crippen molar-refractivity contribution in [1.29, 1.82) is 0 Å². The van der Waals surface area contributed by atoms with E-state index in [2.05, 4.69) is 11.8 Å². The Hall–Kier alpha value is -2.56. The molecule has 0 aromatic heterocycles. The van der Waals surface area contributed by atoms with Gasteiger partial charge in [-0.2, -0.15) is 0 Å². The summed E-state index contributed by atoms with van der Waals surface area (Å²) in [5.74, 6) is 0. The van der Waals surface area contributed by atoms with Crippen molar-refractivity contribution in [1.82, 2.24) is 0 Å². The molecule has 0 saturated carbocycles. The Morgan fingerprint density at radius 2 is 1.90 bits per heavy atom. The van der Waals surface area contributed by atoms with Crippen molar-refractivity contribution < 1.29 is 4.92 Å². The minimum absolute atomic E-state index is 0.0355. The number of hydrogen-bond acceptors (Lipinski definition) is 4. The Morgan fingerprint density at radius 1 is 1.20 bits per heavy atom. The number of nitro groups is 1. The summed E-state index contributed by atoms with van der Waals surface area (Å²) >= 11 is 0. The SMILES string of the molecule is CCN(Cc1ccc(N)c([N+](=O)[O-])c1)c1ccccc1. The van der Waals surface area contributed by atoms with E-state index in [4.69, 9.17) is 5.73 Å². The van der Waals surface area contributed by atoms with Gasteiger partial charge in [0.2, 0.25) is 0 Å². The zero-order valence-corrected chi connectivity index (χ0v) is 11.3. The van der Waals surface area contributed by atoms with Gasteiger partial charge in [-0.05, 0) is 30.7 Å². The Morgan fingerprint density at radius 3 is 2.50 bits per heavy atom. The predicted octanol–water partition coefficient (Wildman–Crippen LogP) is 3.20. The highest BCUT2D eigenvalue weighted by Gasteiger charge is 2.13. The molecule has 0 bridgehead atoms. The minimum Gasteiger partial charge on any atom is -0.393 e. The van der Waals surface area contributed by atoms with E-state index in [0.29, 0.717) is 6.54 Å². The maximum atomic E-state index is 10.9. The molecule has 0 saturated heterocycles. The van der Waals surface area contributed by atoms with Crippen LogP contribution in [-0.2, 0) is 6.54 Å². The average Bonchev–Trinajstić information content (AvgIpc) is 2.47. The van der Waals surface area contributed by atoms with Crippen LogP contribution in [0.1, 0.15) is 12.5 Å². The van der Waals surface area contributed by atoms with Crippen LogP contribution in [0.4, 0.5) is 17.1 Å². The number of nitrogens with zero attached hydrogens (tertiary/aromatic N) is 2. The Kier molecular flexibility index (Phi) is 4.20. The molecule has 104 valence electrons. The lowest BCUT2D eigenvalue weighted by molar-refractivity contribution is -0.384. The summed E-state index contributed by atoms with van der Waals surface area (Å²) in [5.41, 5.74) is 7.73. The quantitative estimate of drug-likeness (QED) is 0.515. The van der Waals surface area contributed by atoms with Gasteiger partial charge in [-0.25, -0.2) is 0 Å². The van der Waals surface area contributed by atoms with E-state index < -0.39 is 4.92 Å². The fourth-order valence-corrected chi connectivity index (χ4v) is 2.09. The number of anilines is 2. The van der Waals surface area contributed by atoms with Gasteiger partial charge in [0.25, 0.3) is 5.69 Å². The van der Waals surface area contributed by atoms with Crippen molar-refractivity contribution >= 4 is 17.1 Å². The number of nitro benzene ring substituents is 1. The van der Waals surface area contributed by atoms with Gasteiger partial charge in [-0.3, -0.25) is 10.1 Å². The predicted molar refractivity (Wildman–Crippen MR) is 80.7 cm³/mol. The van der Waals surface area contributed by atoms with Crippen molar-refractivity contribution in [3.05, 3.63) is 64.2 Å². The third-order valence-corrected chi connectivity index (χ3v) is 3.17. The van der Waals surface area contributed by atoms with Crippen LogP contribution >= 0.6 is 0 Å². The van der Waals surface area contributed by atoms with Gasteiger partial charge < -0.3 is 10.6 Å². The number of nitrogens with two attached hydrogens (primary N) is 1. The molecule has 5 nitrogen and oxygen atoms in total. The second-order valence-electron chi connectivity index (χ2n) is 4.50. The van der Waals surface area contributed by atoms with E-state index >= 15 is 0 Å². The molecule has 2 rings (SSSR count). The van der Waals surface area contributed by atoms with E-state index in [9.17, 15) is 10.1 Å². The van der Waals surface area contributed by atoms with Crippen LogP contribution in [0.2, 0.25) is 0 Å². The second kappa shape index (κ2) is 6.06. The topological polar surface area (TPSA) is 72.4 Å². The zero-order valence-electron chi connectivity index (χ0n) is 11.3. The van der Waals surface area contributed by atoms with Crippen LogP contribution < -0.4 is 10.6 Å². The number of hydrogen-bond donors (Lipinski definition) is 1. The summed E-state index contributed by atoms with van der Waals surface area (Å²) in [6.45, 7) is 3.49. The molecule has 0 aliphatic carbocycles. The first kappa shape index (κ1) is 13.9. The van der Waals surface area contributed by atoms with Gasteiger partial charge >= 0.3 is 0 Å². The normalized spacial score (nSPS) is 10.2. The molecule has 0 aliphatic rings. The fraction of sp³-hybridized carbons (Fsp3) is 0.200. The molecule has 0 heterocycles. The summed E-state index contributed by atoms with van der Waals surface area (Å²) < 4.78 is 0. The molecule has 0 unspecified atom stereocenters. The van der Waals surface area contributed by atoms with Crippen LogP contribution in [0.5, 0.6) is 0 Å². The fourth-order valence-electron chi connectivity index (χ4n) is 2.09. The highest BCUT2D eigenvalue weighted by molar-refractivity contribution is 5.59. The molecule has 2 aromatic rings. The molecular weight excluding hydrogens is 254 g/mol. The Balaban J connectivity index is 2.24. The lowest BCUT2D eigenvalue weighted by Crippen LogP contribution is -2.21. The van der Waals surface area contributed by atoms with Crippen LogP contribution in [0.25, 0.3) is 0 Å². The first-order valence-electron chi connectivity index (χ1n) is 6.44. The molecule has 0 aliphatic heterocycles.